The zero-order chi connectivity index (χ0) is 33.9. The number of anilines is 1. The van der Waals surface area contributed by atoms with Gasteiger partial charge in [-0.05, 0) is 71.8 Å². The molecule has 1 aliphatic rings. The Morgan fingerprint density at radius 2 is 1.61 bits per heavy atom. The van der Waals surface area contributed by atoms with Gasteiger partial charge >= 0.3 is 0 Å². The Bertz CT molecular complexity index is 2080. The van der Waals surface area contributed by atoms with E-state index >= 15 is 0 Å². The van der Waals surface area contributed by atoms with Crippen LogP contribution in [0.5, 0.6) is 0 Å². The highest BCUT2D eigenvalue weighted by atomic mass is 16.7. The van der Waals surface area contributed by atoms with Gasteiger partial charge in [-0.1, -0.05) is 91.9 Å². The number of hydrogen-bond donors (Lipinski definition) is 2. The molecule has 1 saturated heterocycles. The average Bonchev–Trinajstić information content (AvgIpc) is 3.15. The van der Waals surface area contributed by atoms with Crippen LogP contribution in [0.3, 0.4) is 0 Å². The van der Waals surface area contributed by atoms with E-state index in [2.05, 4.69) is 83.5 Å². The van der Waals surface area contributed by atoms with Crippen LogP contribution in [0.1, 0.15) is 65.0 Å². The van der Waals surface area contributed by atoms with Crippen LogP contribution in [0.2, 0.25) is 0 Å². The number of aliphatic hydroxyl groups excluding tert-OH is 1. The molecule has 0 radical (unpaired) electrons. The summed E-state index contributed by atoms with van der Waals surface area (Å²) in [4.78, 5) is 24.4. The number of nitrogens with one attached hydrogen (secondary N) is 1. The van der Waals surface area contributed by atoms with Crippen LogP contribution in [-0.2, 0) is 16.1 Å². The van der Waals surface area contributed by atoms with Crippen molar-refractivity contribution >= 4 is 33.4 Å². The standard InChI is InChI=1S/C41H40N4O4/c1-26-38(24-45(3)27(2)31-20-19-29-9-4-5-10-32(29)21-31)48-41(49-39(26)30-17-15-28(25-46)16-18-30)33-11-8-12-34(22-33)43-40(47)37-23-42-35-13-6-7-14-36(35)44-37/h4-23,26-27,38-39,41,46H,24-25H2,1-3H3,(H,43,47). The van der Waals surface area contributed by atoms with Crippen LogP contribution >= 0.6 is 0 Å². The first kappa shape index (κ1) is 32.6. The fourth-order valence-corrected chi connectivity index (χ4v) is 6.52. The first-order valence-electron chi connectivity index (χ1n) is 16.7. The number of nitrogens with zero attached hydrogens (tertiary/aromatic N) is 3. The molecule has 2 heterocycles. The number of amides is 1. The maximum atomic E-state index is 13.2. The molecule has 0 spiro atoms. The summed E-state index contributed by atoms with van der Waals surface area (Å²) >= 11 is 0. The van der Waals surface area contributed by atoms with E-state index in [1.807, 2.05) is 72.8 Å². The highest BCUT2D eigenvalue weighted by Gasteiger charge is 2.39. The number of rotatable bonds is 9. The molecule has 2 N–H and O–H groups in total. The van der Waals surface area contributed by atoms with Crippen molar-refractivity contribution in [3.63, 3.8) is 0 Å². The minimum Gasteiger partial charge on any atom is -0.392 e. The lowest BCUT2D eigenvalue weighted by Crippen LogP contribution is -2.44. The summed E-state index contributed by atoms with van der Waals surface area (Å²) in [6.07, 6.45) is 0.390. The lowest BCUT2D eigenvalue weighted by Gasteiger charge is -2.43. The Morgan fingerprint density at radius 1 is 0.857 bits per heavy atom. The van der Waals surface area contributed by atoms with E-state index in [0.29, 0.717) is 17.7 Å². The quantitative estimate of drug-likeness (QED) is 0.163. The van der Waals surface area contributed by atoms with E-state index < -0.39 is 6.29 Å². The molecular formula is C41H40N4O4. The molecule has 6 aromatic rings. The van der Waals surface area contributed by atoms with Crippen LogP contribution < -0.4 is 5.32 Å². The van der Waals surface area contributed by atoms with Crippen LogP contribution in [0.25, 0.3) is 21.8 Å². The molecule has 248 valence electrons. The van der Waals surface area contributed by atoms with Gasteiger partial charge in [0.1, 0.15) is 5.69 Å². The number of likely N-dealkylation sites (N-methyl/N-ethyl adjacent to an activating group) is 1. The first-order valence-corrected chi connectivity index (χ1v) is 16.7. The molecule has 5 unspecified atom stereocenters. The molecule has 1 fully saturated rings. The smallest absolute Gasteiger partial charge is 0.275 e. The van der Waals surface area contributed by atoms with Gasteiger partial charge in [0.25, 0.3) is 5.91 Å². The first-order chi connectivity index (χ1) is 23.9. The second-order valence-electron chi connectivity index (χ2n) is 12.9. The topological polar surface area (TPSA) is 96.8 Å². The fraction of sp³-hybridized carbons (Fsp3) is 0.244. The molecule has 5 atom stereocenters. The molecule has 5 aromatic carbocycles. The SMILES string of the molecule is CC1C(CN(C)C(C)c2ccc3ccccc3c2)OC(c2cccc(NC(=O)c3cnc4ccccc4n3)c2)OC1c1ccc(CO)cc1. The van der Waals surface area contributed by atoms with E-state index in [1.165, 1.54) is 22.5 Å². The highest BCUT2D eigenvalue weighted by molar-refractivity contribution is 6.03. The summed E-state index contributed by atoms with van der Waals surface area (Å²) in [7, 11) is 2.14. The molecular weight excluding hydrogens is 612 g/mol. The predicted molar refractivity (Wildman–Crippen MR) is 192 cm³/mol. The van der Waals surface area contributed by atoms with Gasteiger partial charge in [-0.25, -0.2) is 4.98 Å². The molecule has 8 heteroatoms. The van der Waals surface area contributed by atoms with Crippen molar-refractivity contribution in [1.29, 1.82) is 0 Å². The third-order valence-corrected chi connectivity index (χ3v) is 9.61. The molecule has 8 nitrogen and oxygen atoms in total. The van der Waals surface area contributed by atoms with Crippen molar-refractivity contribution in [2.24, 2.45) is 5.92 Å². The number of aromatic nitrogens is 2. The molecule has 49 heavy (non-hydrogen) atoms. The summed E-state index contributed by atoms with van der Waals surface area (Å²) in [5.41, 5.74) is 6.13. The number of fused-ring (bicyclic) bond motifs is 2. The van der Waals surface area contributed by atoms with Gasteiger partial charge in [0.2, 0.25) is 0 Å². The molecule has 0 bridgehead atoms. The van der Waals surface area contributed by atoms with Crippen molar-refractivity contribution in [3.05, 3.63) is 149 Å². The maximum Gasteiger partial charge on any atom is 0.275 e. The van der Waals surface area contributed by atoms with E-state index in [9.17, 15) is 9.90 Å². The number of para-hydroxylation sites is 2. The Kier molecular flexibility index (Phi) is 9.46. The summed E-state index contributed by atoms with van der Waals surface area (Å²) < 4.78 is 13.5. The van der Waals surface area contributed by atoms with Crippen LogP contribution in [-0.4, -0.2) is 45.6 Å². The van der Waals surface area contributed by atoms with Crippen molar-refractivity contribution < 1.29 is 19.4 Å². The summed E-state index contributed by atoms with van der Waals surface area (Å²) in [6.45, 7) is 5.05. The van der Waals surface area contributed by atoms with Crippen LogP contribution in [0.15, 0.2) is 121 Å². The second kappa shape index (κ2) is 14.2. The molecule has 1 aromatic heterocycles. The van der Waals surface area contributed by atoms with E-state index in [4.69, 9.17) is 9.47 Å². The third kappa shape index (κ3) is 7.09. The van der Waals surface area contributed by atoms with E-state index in [0.717, 1.165) is 22.2 Å². The number of aliphatic hydroxyl groups is 1. The van der Waals surface area contributed by atoms with E-state index in [1.54, 1.807) is 0 Å². The second-order valence-corrected chi connectivity index (χ2v) is 12.9. The molecule has 0 aliphatic carbocycles. The highest BCUT2D eigenvalue weighted by Crippen LogP contribution is 2.42. The number of carbonyl (C=O) groups is 1. The van der Waals surface area contributed by atoms with Gasteiger partial charge in [0.05, 0.1) is 36.0 Å². The lowest BCUT2D eigenvalue weighted by atomic mass is 9.89. The Balaban J connectivity index is 1.13. The zero-order valence-electron chi connectivity index (χ0n) is 27.9. The predicted octanol–water partition coefficient (Wildman–Crippen LogP) is 8.01. The Hall–Kier alpha value is -4.99. The average molecular weight is 653 g/mol. The van der Waals surface area contributed by atoms with Gasteiger partial charge < -0.3 is 19.9 Å². The summed E-state index contributed by atoms with van der Waals surface area (Å²) in [5.74, 6) is -0.324. The Morgan fingerprint density at radius 3 is 2.41 bits per heavy atom. The van der Waals surface area contributed by atoms with Crippen molar-refractivity contribution in [2.45, 2.75) is 45.0 Å². The monoisotopic (exact) mass is 652 g/mol. The van der Waals surface area contributed by atoms with Crippen LogP contribution in [0, 0.1) is 5.92 Å². The molecule has 0 saturated carbocycles. The van der Waals surface area contributed by atoms with Crippen molar-refractivity contribution in [2.75, 3.05) is 18.9 Å². The minimum atomic E-state index is -0.676. The van der Waals surface area contributed by atoms with Crippen LogP contribution in [0.4, 0.5) is 5.69 Å². The Labute approximate surface area is 286 Å². The summed E-state index contributed by atoms with van der Waals surface area (Å²) in [6, 6.07) is 38.2. The third-order valence-electron chi connectivity index (χ3n) is 9.61. The van der Waals surface area contributed by atoms with Gasteiger partial charge in [0, 0.05) is 29.8 Å². The number of benzene rings is 5. The van der Waals surface area contributed by atoms with Gasteiger partial charge in [-0.3, -0.25) is 14.7 Å². The number of carbonyl (C=O) groups excluding carboxylic acids is 1. The van der Waals surface area contributed by atoms with Crippen molar-refractivity contribution in [1.82, 2.24) is 14.9 Å². The van der Waals surface area contributed by atoms with Gasteiger partial charge in [0.15, 0.2) is 6.29 Å². The fourth-order valence-electron chi connectivity index (χ4n) is 6.52. The van der Waals surface area contributed by atoms with E-state index in [-0.39, 0.29) is 42.4 Å². The lowest BCUT2D eigenvalue weighted by molar-refractivity contribution is -0.276. The molecule has 1 amide bonds. The minimum absolute atomic E-state index is 0.0174. The molecule has 1 aliphatic heterocycles. The largest absolute Gasteiger partial charge is 0.392 e. The van der Waals surface area contributed by atoms with Gasteiger partial charge in [-0.2, -0.15) is 0 Å². The molecule has 7 rings (SSSR count). The number of hydrogen-bond acceptors (Lipinski definition) is 7. The maximum absolute atomic E-state index is 13.2. The normalized spacial score (nSPS) is 20.0. The summed E-state index contributed by atoms with van der Waals surface area (Å²) in [5, 5.41) is 15.1. The number of ether oxygens (including phenoxy) is 2. The van der Waals surface area contributed by atoms with Gasteiger partial charge in [-0.15, -0.1) is 0 Å². The van der Waals surface area contributed by atoms with Crippen molar-refractivity contribution in [3.8, 4) is 0 Å². The zero-order valence-corrected chi connectivity index (χ0v) is 27.9.